The van der Waals surface area contributed by atoms with E-state index >= 15 is 0 Å². The Labute approximate surface area is 303 Å². The van der Waals surface area contributed by atoms with Crippen molar-refractivity contribution in [2.24, 2.45) is 0 Å². The molecular weight excluding hydrogens is 643 g/mol. The van der Waals surface area contributed by atoms with Gasteiger partial charge >= 0.3 is 0 Å². The Balaban J connectivity index is 1.28. The van der Waals surface area contributed by atoms with Crippen molar-refractivity contribution in [3.8, 4) is 34.4 Å². The molecule has 0 saturated carbocycles. The van der Waals surface area contributed by atoms with E-state index in [4.69, 9.17) is 21.8 Å². The fourth-order valence-electron chi connectivity index (χ4n) is 7.54. The third-order valence-corrected chi connectivity index (χ3v) is 10.9. The first-order valence-electron chi connectivity index (χ1n) is 19.1. The lowest BCUT2D eigenvalue weighted by molar-refractivity contribution is 0.954. The zero-order valence-electron chi connectivity index (χ0n) is 31.8. The average molecular weight is 675 g/mol. The predicted octanol–water partition coefficient (Wildman–Crippen LogP) is 11.8. The van der Waals surface area contributed by atoms with Gasteiger partial charge in [0.25, 0.3) is 0 Å². The van der Waals surface area contributed by atoms with Crippen molar-refractivity contribution in [2.75, 3.05) is 0 Å². The highest BCUT2D eigenvalue weighted by atomic mass is 32.1. The summed E-state index contributed by atoms with van der Waals surface area (Å²) < 4.78 is 49.8. The Morgan fingerprint density at radius 2 is 1.18 bits per heavy atom. The molecule has 0 bridgehead atoms. The van der Waals surface area contributed by atoms with Crippen molar-refractivity contribution in [3.63, 3.8) is 0 Å². The van der Waals surface area contributed by atoms with Crippen LogP contribution >= 0.6 is 11.3 Å². The summed E-state index contributed by atoms with van der Waals surface area (Å²) in [5.41, 5.74) is 4.96. The second kappa shape index (κ2) is 10.9. The minimum Gasteiger partial charge on any atom is -0.309 e. The van der Waals surface area contributed by atoms with Crippen molar-refractivity contribution >= 4 is 75.1 Å². The molecule has 238 valence electrons. The molecule has 11 rings (SSSR count). The zero-order valence-corrected chi connectivity index (χ0v) is 27.7. The fourth-order valence-corrected chi connectivity index (χ4v) is 8.75. The number of hydrogen-bond acceptors (Lipinski definition) is 4. The van der Waals surface area contributed by atoms with Crippen molar-refractivity contribution < 1.29 is 6.85 Å². The van der Waals surface area contributed by atoms with Crippen LogP contribution < -0.4 is 0 Å². The summed E-state index contributed by atoms with van der Waals surface area (Å²) in [5.74, 6) is 1.51. The van der Waals surface area contributed by atoms with Gasteiger partial charge in [0.1, 0.15) is 0 Å². The molecule has 0 aliphatic heterocycles. The predicted molar refractivity (Wildman–Crippen MR) is 212 cm³/mol. The van der Waals surface area contributed by atoms with Gasteiger partial charge in [0.05, 0.1) is 28.9 Å². The van der Waals surface area contributed by atoms with Crippen LogP contribution in [0.5, 0.6) is 0 Å². The molecule has 51 heavy (non-hydrogen) atoms. The van der Waals surface area contributed by atoms with Crippen LogP contribution in [0.15, 0.2) is 164 Å². The topological polar surface area (TPSA) is 48.5 Å². The molecule has 0 fully saturated rings. The van der Waals surface area contributed by atoms with Gasteiger partial charge in [-0.2, -0.15) is 9.97 Å². The summed E-state index contributed by atoms with van der Waals surface area (Å²) in [6.45, 7) is 0. The van der Waals surface area contributed by atoms with Gasteiger partial charge in [0.15, 0.2) is 11.6 Å². The molecule has 4 aromatic heterocycles. The quantitative estimate of drug-likeness (QED) is 0.187. The second-order valence-electron chi connectivity index (χ2n) is 12.5. The van der Waals surface area contributed by atoms with Crippen LogP contribution in [0.2, 0.25) is 0 Å². The molecule has 0 saturated heterocycles. The lowest BCUT2D eigenvalue weighted by Crippen LogP contribution is -2.06. The van der Waals surface area contributed by atoms with Gasteiger partial charge < -0.3 is 4.57 Å². The van der Waals surface area contributed by atoms with Gasteiger partial charge in [-0.3, -0.25) is 4.57 Å². The Kier molecular flexibility index (Phi) is 5.08. The minimum absolute atomic E-state index is 0.0942. The molecule has 0 amide bonds. The van der Waals surface area contributed by atoms with Crippen LogP contribution in [-0.4, -0.2) is 24.1 Å². The highest BCUT2D eigenvalue weighted by molar-refractivity contribution is 7.26. The van der Waals surface area contributed by atoms with Gasteiger partial charge in [0, 0.05) is 58.5 Å². The van der Waals surface area contributed by atoms with E-state index in [1.165, 1.54) is 10.1 Å². The zero-order chi connectivity index (χ0) is 37.8. The summed E-state index contributed by atoms with van der Waals surface area (Å²) in [6, 6.07) is 42.8. The Morgan fingerprint density at radius 1 is 0.490 bits per heavy atom. The number of thiophene rings is 1. The molecular formula is C45H27N5S. The first-order chi connectivity index (χ1) is 27.4. The standard InChI is InChI=1S/C45H27N5S/c1-3-14-28(15-4-1)43-46-44(35-22-13-21-33-31-19-9-12-25-39(31)51-42(33)35)48-45(47-43)50-37-24-11-8-20-34(37)40-38(50)27-26-32-30-18-7-10-23-36(30)49(41(32)40)29-16-5-2-6-17-29/h1-27H/i2D,5D,6D,16D,17D. The van der Waals surface area contributed by atoms with Gasteiger partial charge in [-0.15, -0.1) is 11.3 Å². The second-order valence-corrected chi connectivity index (χ2v) is 13.5. The van der Waals surface area contributed by atoms with E-state index in [2.05, 4.69) is 59.2 Å². The maximum atomic E-state index is 9.05. The first kappa shape index (κ1) is 23.7. The van der Waals surface area contributed by atoms with Crippen LogP contribution in [0.25, 0.3) is 98.2 Å². The van der Waals surface area contributed by atoms with Gasteiger partial charge in [0.2, 0.25) is 5.95 Å². The molecule has 0 aliphatic carbocycles. The third kappa shape index (κ3) is 4.17. The summed E-state index contributed by atoms with van der Waals surface area (Å²) in [5, 5.41) is 5.87. The van der Waals surface area contributed by atoms with E-state index in [0.717, 1.165) is 64.8 Å². The van der Waals surface area contributed by atoms with E-state index < -0.39 is 6.04 Å². The molecule has 7 aromatic carbocycles. The van der Waals surface area contributed by atoms with E-state index in [-0.39, 0.29) is 29.9 Å². The minimum atomic E-state index is -0.433. The van der Waals surface area contributed by atoms with E-state index in [0.29, 0.717) is 17.6 Å². The summed E-state index contributed by atoms with van der Waals surface area (Å²) >= 11 is 1.72. The van der Waals surface area contributed by atoms with Gasteiger partial charge in [-0.05, 0) is 42.4 Å². The molecule has 11 aromatic rings. The normalized spacial score (nSPS) is 13.3. The highest BCUT2D eigenvalue weighted by Gasteiger charge is 2.23. The Hall–Kier alpha value is -6.63. The largest absolute Gasteiger partial charge is 0.309 e. The van der Waals surface area contributed by atoms with E-state index in [1.807, 2.05) is 83.4 Å². The first-order valence-corrected chi connectivity index (χ1v) is 17.5. The summed E-state index contributed by atoms with van der Waals surface area (Å²) in [4.78, 5) is 15.5. The molecule has 0 N–H and O–H groups in total. The average Bonchev–Trinajstić information content (AvgIpc) is 3.90. The molecule has 0 unspecified atom stereocenters. The van der Waals surface area contributed by atoms with Crippen molar-refractivity contribution in [3.05, 3.63) is 164 Å². The molecule has 5 nitrogen and oxygen atoms in total. The number of nitrogens with zero attached hydrogens (tertiary/aromatic N) is 5. The van der Waals surface area contributed by atoms with Crippen molar-refractivity contribution in [1.82, 2.24) is 24.1 Å². The molecule has 4 heterocycles. The molecule has 0 radical (unpaired) electrons. The number of para-hydroxylation sites is 3. The number of rotatable bonds is 4. The third-order valence-electron chi connectivity index (χ3n) is 9.68. The maximum Gasteiger partial charge on any atom is 0.238 e. The smallest absolute Gasteiger partial charge is 0.238 e. The van der Waals surface area contributed by atoms with Crippen molar-refractivity contribution in [2.45, 2.75) is 0 Å². The molecule has 0 atom stereocenters. The number of fused-ring (bicyclic) bond motifs is 10. The molecule has 6 heteroatoms. The number of aromatic nitrogens is 5. The highest BCUT2D eigenvalue weighted by Crippen LogP contribution is 2.43. The van der Waals surface area contributed by atoms with Crippen LogP contribution in [0.4, 0.5) is 0 Å². The van der Waals surface area contributed by atoms with E-state index in [1.54, 1.807) is 11.3 Å². The fraction of sp³-hybridized carbons (Fsp3) is 0. The SMILES string of the molecule is [2H]c1c([2H])c([2H])c(-n2c3ccccc3c3ccc4c(c5ccccc5n4-c4nc(-c5ccccc5)nc(-c5cccc6c5sc5ccccc56)n4)c32)c([2H])c1[2H]. The van der Waals surface area contributed by atoms with Crippen LogP contribution in [-0.2, 0) is 0 Å². The Morgan fingerprint density at radius 3 is 2.02 bits per heavy atom. The van der Waals surface area contributed by atoms with Crippen molar-refractivity contribution in [1.29, 1.82) is 0 Å². The van der Waals surface area contributed by atoms with Crippen LogP contribution in [0.3, 0.4) is 0 Å². The maximum absolute atomic E-state index is 9.05. The van der Waals surface area contributed by atoms with Crippen LogP contribution in [0, 0.1) is 0 Å². The molecule has 0 spiro atoms. The lowest BCUT2D eigenvalue weighted by atomic mass is 10.1. The number of benzene rings is 7. The van der Waals surface area contributed by atoms with Gasteiger partial charge in [-0.1, -0.05) is 121 Å². The van der Waals surface area contributed by atoms with Gasteiger partial charge in [-0.25, -0.2) is 4.98 Å². The van der Waals surface area contributed by atoms with Crippen LogP contribution in [0.1, 0.15) is 6.85 Å². The monoisotopic (exact) mass is 674 g/mol. The summed E-state index contributed by atoms with van der Waals surface area (Å²) in [6.07, 6.45) is 0. The number of hydrogen-bond donors (Lipinski definition) is 0. The van der Waals surface area contributed by atoms with E-state index in [9.17, 15) is 0 Å². The molecule has 0 aliphatic rings. The lowest BCUT2D eigenvalue weighted by Gasteiger charge is -2.12. The summed E-state index contributed by atoms with van der Waals surface area (Å²) in [7, 11) is 0. The Bertz CT molecular complexity index is 3410.